The van der Waals surface area contributed by atoms with Crippen molar-refractivity contribution >= 4 is 0 Å². The molecule has 2 rings (SSSR count). The maximum absolute atomic E-state index is 13.5. The van der Waals surface area contributed by atoms with E-state index in [0.29, 0.717) is 11.1 Å². The van der Waals surface area contributed by atoms with Gasteiger partial charge in [-0.25, -0.2) is 4.39 Å². The van der Waals surface area contributed by atoms with E-state index in [9.17, 15) is 4.39 Å². The monoisotopic (exact) mass is 247 g/mol. The Morgan fingerprint density at radius 2 is 1.89 bits per heavy atom. The summed E-state index contributed by atoms with van der Waals surface area (Å²) in [4.78, 5) is 0. The third-order valence-corrected chi connectivity index (χ3v) is 2.90. The van der Waals surface area contributed by atoms with Crippen LogP contribution in [0.3, 0.4) is 0 Å². The lowest BCUT2D eigenvalue weighted by Gasteiger charge is -2.07. The van der Waals surface area contributed by atoms with Crippen LogP contribution < -0.4 is 5.32 Å². The van der Waals surface area contributed by atoms with Gasteiger partial charge in [0.1, 0.15) is 5.82 Å². The van der Waals surface area contributed by atoms with Crippen LogP contribution in [0.4, 0.5) is 4.39 Å². The summed E-state index contributed by atoms with van der Waals surface area (Å²) in [5.74, 6) is -0.108. The van der Waals surface area contributed by atoms with Gasteiger partial charge >= 0.3 is 0 Å². The topological polar surface area (TPSA) is 29.9 Å². The fourth-order valence-corrected chi connectivity index (χ4v) is 2.03. The van der Waals surface area contributed by atoms with Gasteiger partial charge in [0.2, 0.25) is 0 Å². The van der Waals surface area contributed by atoms with Gasteiger partial charge in [-0.2, -0.15) is 5.10 Å². The molecule has 1 aromatic heterocycles. The van der Waals surface area contributed by atoms with Crippen molar-refractivity contribution in [1.29, 1.82) is 0 Å². The van der Waals surface area contributed by atoms with Crippen LogP contribution in [-0.4, -0.2) is 9.78 Å². The zero-order valence-corrected chi connectivity index (χ0v) is 11.0. The summed E-state index contributed by atoms with van der Waals surface area (Å²) in [6, 6.07) is 5.75. The molecule has 0 spiro atoms. The summed E-state index contributed by atoms with van der Waals surface area (Å²) in [5.41, 5.74) is 3.50. The fourth-order valence-electron chi connectivity index (χ4n) is 2.03. The van der Waals surface area contributed by atoms with Crippen molar-refractivity contribution in [1.82, 2.24) is 15.1 Å². The van der Waals surface area contributed by atoms with Crippen molar-refractivity contribution in [3.8, 4) is 0 Å². The lowest BCUT2D eigenvalue weighted by molar-refractivity contribution is 0.605. The van der Waals surface area contributed by atoms with Crippen LogP contribution in [0.5, 0.6) is 0 Å². The molecular formula is C14H18FN3. The summed E-state index contributed by atoms with van der Waals surface area (Å²) in [6.07, 6.45) is 1.92. The Morgan fingerprint density at radius 3 is 2.44 bits per heavy atom. The number of hydrogen-bond acceptors (Lipinski definition) is 2. The van der Waals surface area contributed by atoms with Gasteiger partial charge < -0.3 is 5.32 Å². The third kappa shape index (κ3) is 2.96. The van der Waals surface area contributed by atoms with E-state index in [1.807, 2.05) is 31.4 Å². The molecule has 18 heavy (non-hydrogen) atoms. The van der Waals surface area contributed by atoms with Crippen LogP contribution in [0.15, 0.2) is 24.4 Å². The minimum absolute atomic E-state index is 0.108. The van der Waals surface area contributed by atoms with Gasteiger partial charge in [0.05, 0.1) is 5.69 Å². The average Bonchev–Trinajstić information content (AvgIpc) is 2.72. The number of aryl methyl sites for hydroxylation is 3. The highest BCUT2D eigenvalue weighted by molar-refractivity contribution is 5.30. The SMILES string of the molecule is Cc1cc(CNCc2ccn(C)n2)cc(C)c1F. The molecule has 1 N–H and O–H groups in total. The van der Waals surface area contributed by atoms with Crippen molar-refractivity contribution in [3.05, 3.63) is 52.6 Å². The Bertz CT molecular complexity index is 523. The largest absolute Gasteiger partial charge is 0.307 e. The van der Waals surface area contributed by atoms with Crippen LogP contribution in [0, 0.1) is 19.7 Å². The maximum atomic E-state index is 13.5. The lowest BCUT2D eigenvalue weighted by Crippen LogP contribution is -2.13. The molecule has 0 unspecified atom stereocenters. The van der Waals surface area contributed by atoms with Gasteiger partial charge in [0.25, 0.3) is 0 Å². The molecule has 0 radical (unpaired) electrons. The van der Waals surface area contributed by atoms with E-state index in [-0.39, 0.29) is 5.82 Å². The van der Waals surface area contributed by atoms with Crippen LogP contribution >= 0.6 is 0 Å². The predicted molar refractivity (Wildman–Crippen MR) is 69.6 cm³/mol. The second-order valence-electron chi connectivity index (χ2n) is 4.63. The van der Waals surface area contributed by atoms with E-state index in [1.54, 1.807) is 18.5 Å². The molecule has 4 heteroatoms. The molecule has 2 aromatic rings. The zero-order chi connectivity index (χ0) is 13.1. The number of benzene rings is 1. The fraction of sp³-hybridized carbons (Fsp3) is 0.357. The first-order valence-corrected chi connectivity index (χ1v) is 6.01. The van der Waals surface area contributed by atoms with Crippen molar-refractivity contribution < 1.29 is 4.39 Å². The number of nitrogens with zero attached hydrogens (tertiary/aromatic N) is 2. The number of halogens is 1. The van der Waals surface area contributed by atoms with E-state index in [1.165, 1.54) is 0 Å². The molecule has 0 fully saturated rings. The lowest BCUT2D eigenvalue weighted by atomic mass is 10.1. The quantitative estimate of drug-likeness (QED) is 0.899. The second-order valence-corrected chi connectivity index (χ2v) is 4.63. The molecule has 0 saturated heterocycles. The van der Waals surface area contributed by atoms with E-state index in [2.05, 4.69) is 10.4 Å². The molecular weight excluding hydrogens is 229 g/mol. The van der Waals surface area contributed by atoms with Crippen molar-refractivity contribution in [2.75, 3.05) is 0 Å². The summed E-state index contributed by atoms with van der Waals surface area (Å²) >= 11 is 0. The molecule has 1 heterocycles. The highest BCUT2D eigenvalue weighted by Crippen LogP contribution is 2.14. The van der Waals surface area contributed by atoms with Crippen LogP contribution in [0.25, 0.3) is 0 Å². The predicted octanol–water partition coefficient (Wildman–Crippen LogP) is 2.47. The smallest absolute Gasteiger partial charge is 0.129 e. The van der Waals surface area contributed by atoms with Gasteiger partial charge in [-0.1, -0.05) is 12.1 Å². The number of rotatable bonds is 4. The Balaban J connectivity index is 1.94. The van der Waals surface area contributed by atoms with Gasteiger partial charge in [0, 0.05) is 26.3 Å². The van der Waals surface area contributed by atoms with E-state index < -0.39 is 0 Å². The molecule has 1 aromatic carbocycles. The Morgan fingerprint density at radius 1 is 1.22 bits per heavy atom. The minimum atomic E-state index is -0.108. The van der Waals surface area contributed by atoms with Gasteiger partial charge in [0.15, 0.2) is 0 Å². The normalized spacial score (nSPS) is 10.9. The summed E-state index contributed by atoms with van der Waals surface area (Å²) in [5, 5.41) is 7.59. The highest BCUT2D eigenvalue weighted by Gasteiger charge is 2.04. The summed E-state index contributed by atoms with van der Waals surface area (Å²) in [7, 11) is 1.90. The molecule has 3 nitrogen and oxygen atoms in total. The van der Waals surface area contributed by atoms with Crippen molar-refractivity contribution in [3.63, 3.8) is 0 Å². The molecule has 0 aliphatic carbocycles. The van der Waals surface area contributed by atoms with Crippen LogP contribution in [0.1, 0.15) is 22.4 Å². The first kappa shape index (κ1) is 12.8. The zero-order valence-electron chi connectivity index (χ0n) is 11.0. The number of aromatic nitrogens is 2. The standard InChI is InChI=1S/C14H18FN3/c1-10-6-12(7-11(2)14(10)15)8-16-9-13-4-5-18(3)17-13/h4-7,16H,8-9H2,1-3H3. The van der Waals surface area contributed by atoms with Crippen molar-refractivity contribution in [2.45, 2.75) is 26.9 Å². The third-order valence-electron chi connectivity index (χ3n) is 2.90. The molecule has 0 bridgehead atoms. The van der Waals surface area contributed by atoms with Crippen LogP contribution in [0.2, 0.25) is 0 Å². The number of hydrogen-bond donors (Lipinski definition) is 1. The molecule has 0 saturated carbocycles. The Kier molecular flexibility index (Phi) is 3.77. The molecule has 0 amide bonds. The first-order chi connectivity index (χ1) is 8.56. The molecule has 0 aliphatic rings. The van der Waals surface area contributed by atoms with Gasteiger partial charge in [-0.15, -0.1) is 0 Å². The highest BCUT2D eigenvalue weighted by atomic mass is 19.1. The van der Waals surface area contributed by atoms with Crippen molar-refractivity contribution in [2.24, 2.45) is 7.05 Å². The number of nitrogens with one attached hydrogen (secondary N) is 1. The van der Waals surface area contributed by atoms with E-state index >= 15 is 0 Å². The summed E-state index contributed by atoms with van der Waals surface area (Å²) < 4.78 is 15.2. The van der Waals surface area contributed by atoms with Crippen LogP contribution in [-0.2, 0) is 20.1 Å². The summed E-state index contributed by atoms with van der Waals surface area (Å²) in [6.45, 7) is 5.03. The van der Waals surface area contributed by atoms with E-state index in [4.69, 9.17) is 0 Å². The average molecular weight is 247 g/mol. The van der Waals surface area contributed by atoms with Gasteiger partial charge in [-0.3, -0.25) is 4.68 Å². The minimum Gasteiger partial charge on any atom is -0.307 e. The Hall–Kier alpha value is -1.68. The first-order valence-electron chi connectivity index (χ1n) is 6.01. The second kappa shape index (κ2) is 5.31. The maximum Gasteiger partial charge on any atom is 0.129 e. The molecule has 96 valence electrons. The van der Waals surface area contributed by atoms with E-state index in [0.717, 1.165) is 24.3 Å². The Labute approximate surface area is 107 Å². The molecule has 0 aliphatic heterocycles. The molecule has 0 atom stereocenters. The van der Waals surface area contributed by atoms with Gasteiger partial charge in [-0.05, 0) is 36.6 Å².